The fourth-order valence-corrected chi connectivity index (χ4v) is 3.99. The van der Waals surface area contributed by atoms with Gasteiger partial charge in [-0.05, 0) is 24.3 Å². The van der Waals surface area contributed by atoms with Crippen LogP contribution in [0.1, 0.15) is 11.0 Å². The average Bonchev–Trinajstić information content (AvgIpc) is 2.84. The van der Waals surface area contributed by atoms with Crippen molar-refractivity contribution in [3.05, 3.63) is 45.6 Å². The van der Waals surface area contributed by atoms with Crippen molar-refractivity contribution >= 4 is 34.7 Å². The Bertz CT molecular complexity index is 555. The second-order valence-corrected chi connectivity index (χ2v) is 6.81. The molecule has 1 aliphatic heterocycles. The standard InChI is InChI=1S/C13H11ClO2S2/c14-12-6-5-11(18-12)13(15)9-7-17-10-4-2-1-3-8(10)16-9/h1-6,9,13,15H,7H2. The summed E-state index contributed by atoms with van der Waals surface area (Å²) in [5, 5.41) is 10.3. The normalized spacial score (nSPS) is 20.0. The Morgan fingerprint density at radius 1 is 1.28 bits per heavy atom. The molecule has 0 amide bonds. The summed E-state index contributed by atoms with van der Waals surface area (Å²) in [6, 6.07) is 11.6. The van der Waals surface area contributed by atoms with Crippen molar-refractivity contribution in [3.63, 3.8) is 0 Å². The molecule has 0 spiro atoms. The number of hydrogen-bond acceptors (Lipinski definition) is 4. The summed E-state index contributed by atoms with van der Waals surface area (Å²) in [7, 11) is 0. The first-order chi connectivity index (χ1) is 8.74. The Morgan fingerprint density at radius 2 is 2.11 bits per heavy atom. The maximum Gasteiger partial charge on any atom is 0.139 e. The largest absolute Gasteiger partial charge is 0.485 e. The smallest absolute Gasteiger partial charge is 0.139 e. The van der Waals surface area contributed by atoms with Crippen LogP contribution in [0.4, 0.5) is 0 Å². The first-order valence-corrected chi connectivity index (χ1v) is 7.74. The highest BCUT2D eigenvalue weighted by Crippen LogP contribution is 2.39. The molecule has 0 saturated heterocycles. The Labute approximate surface area is 119 Å². The maximum absolute atomic E-state index is 10.3. The van der Waals surface area contributed by atoms with Crippen molar-refractivity contribution < 1.29 is 9.84 Å². The van der Waals surface area contributed by atoms with Gasteiger partial charge in [0.15, 0.2) is 0 Å². The summed E-state index contributed by atoms with van der Waals surface area (Å²) in [5.74, 6) is 1.59. The molecule has 5 heteroatoms. The molecule has 0 bridgehead atoms. The molecule has 1 aromatic heterocycles. The van der Waals surface area contributed by atoms with Gasteiger partial charge in [0, 0.05) is 15.5 Å². The number of fused-ring (bicyclic) bond motifs is 1. The summed E-state index contributed by atoms with van der Waals surface area (Å²) in [5.41, 5.74) is 0. The minimum Gasteiger partial charge on any atom is -0.485 e. The molecule has 0 aliphatic carbocycles. The predicted octanol–water partition coefficient (Wildman–Crippen LogP) is 3.99. The van der Waals surface area contributed by atoms with E-state index in [1.807, 2.05) is 30.3 Å². The number of halogens is 1. The minimum atomic E-state index is -0.622. The number of benzene rings is 1. The highest BCUT2D eigenvalue weighted by atomic mass is 35.5. The average molecular weight is 299 g/mol. The van der Waals surface area contributed by atoms with Crippen LogP contribution >= 0.6 is 34.7 Å². The Kier molecular flexibility index (Phi) is 3.52. The molecular weight excluding hydrogens is 288 g/mol. The number of hydrogen-bond donors (Lipinski definition) is 1. The lowest BCUT2D eigenvalue weighted by Crippen LogP contribution is -2.29. The van der Waals surface area contributed by atoms with E-state index in [0.29, 0.717) is 4.34 Å². The SMILES string of the molecule is OC(c1ccc(Cl)s1)C1CSc2ccccc2O1. The minimum absolute atomic E-state index is 0.223. The number of para-hydroxylation sites is 1. The van der Waals surface area contributed by atoms with Gasteiger partial charge in [-0.15, -0.1) is 23.1 Å². The lowest BCUT2D eigenvalue weighted by molar-refractivity contribution is 0.0481. The van der Waals surface area contributed by atoms with E-state index in [0.717, 1.165) is 21.3 Å². The molecule has 2 unspecified atom stereocenters. The molecule has 2 heterocycles. The molecule has 1 aliphatic rings. The van der Waals surface area contributed by atoms with Crippen LogP contribution in [0.15, 0.2) is 41.3 Å². The van der Waals surface area contributed by atoms with E-state index in [-0.39, 0.29) is 6.10 Å². The van der Waals surface area contributed by atoms with Crippen LogP contribution in [0.5, 0.6) is 5.75 Å². The highest BCUT2D eigenvalue weighted by Gasteiger charge is 2.28. The fourth-order valence-electron chi connectivity index (χ4n) is 1.86. The van der Waals surface area contributed by atoms with Crippen molar-refractivity contribution in [3.8, 4) is 5.75 Å². The zero-order valence-corrected chi connectivity index (χ0v) is 11.8. The van der Waals surface area contributed by atoms with Crippen LogP contribution in [0.25, 0.3) is 0 Å². The van der Waals surface area contributed by atoms with Crippen LogP contribution in [0.2, 0.25) is 4.34 Å². The molecule has 1 aromatic carbocycles. The van der Waals surface area contributed by atoms with Gasteiger partial charge in [0.2, 0.25) is 0 Å². The van der Waals surface area contributed by atoms with E-state index in [1.54, 1.807) is 17.8 Å². The molecule has 2 nitrogen and oxygen atoms in total. The van der Waals surface area contributed by atoms with Gasteiger partial charge in [0.05, 0.1) is 4.34 Å². The van der Waals surface area contributed by atoms with E-state index in [4.69, 9.17) is 16.3 Å². The van der Waals surface area contributed by atoms with Gasteiger partial charge in [-0.1, -0.05) is 23.7 Å². The van der Waals surface area contributed by atoms with Crippen LogP contribution in [0, 0.1) is 0 Å². The van der Waals surface area contributed by atoms with Crippen LogP contribution in [0.3, 0.4) is 0 Å². The maximum atomic E-state index is 10.3. The number of ether oxygens (including phenoxy) is 1. The van der Waals surface area contributed by atoms with Gasteiger partial charge in [-0.25, -0.2) is 0 Å². The number of thiophene rings is 1. The molecule has 0 fully saturated rings. The Hall–Kier alpha value is -0.680. The van der Waals surface area contributed by atoms with E-state index in [2.05, 4.69) is 0 Å². The number of aliphatic hydroxyl groups excluding tert-OH is 1. The van der Waals surface area contributed by atoms with Gasteiger partial charge in [0.25, 0.3) is 0 Å². The summed E-state index contributed by atoms with van der Waals surface area (Å²) in [6.07, 6.45) is -0.844. The zero-order valence-electron chi connectivity index (χ0n) is 9.38. The molecular formula is C13H11ClO2S2. The number of thioether (sulfide) groups is 1. The van der Waals surface area contributed by atoms with E-state index in [1.165, 1.54) is 11.3 Å². The molecule has 94 valence electrons. The molecule has 2 atom stereocenters. The lowest BCUT2D eigenvalue weighted by Gasteiger charge is -2.28. The first-order valence-electron chi connectivity index (χ1n) is 5.56. The van der Waals surface area contributed by atoms with Crippen molar-refractivity contribution in [1.82, 2.24) is 0 Å². The summed E-state index contributed by atoms with van der Waals surface area (Å²) in [6.45, 7) is 0. The zero-order chi connectivity index (χ0) is 12.5. The van der Waals surface area contributed by atoms with Crippen LogP contribution in [-0.2, 0) is 0 Å². The highest BCUT2D eigenvalue weighted by molar-refractivity contribution is 7.99. The third-order valence-electron chi connectivity index (χ3n) is 2.77. The monoisotopic (exact) mass is 298 g/mol. The molecule has 3 rings (SSSR count). The summed E-state index contributed by atoms with van der Waals surface area (Å²) < 4.78 is 6.54. The second-order valence-electron chi connectivity index (χ2n) is 4.00. The van der Waals surface area contributed by atoms with Crippen molar-refractivity contribution in [2.45, 2.75) is 17.1 Å². The fraction of sp³-hybridized carbons (Fsp3) is 0.231. The summed E-state index contributed by atoms with van der Waals surface area (Å²) in [4.78, 5) is 1.98. The quantitative estimate of drug-likeness (QED) is 0.909. The van der Waals surface area contributed by atoms with E-state index >= 15 is 0 Å². The van der Waals surface area contributed by atoms with Gasteiger partial charge in [-0.3, -0.25) is 0 Å². The Morgan fingerprint density at radius 3 is 2.89 bits per heavy atom. The van der Waals surface area contributed by atoms with Gasteiger partial charge in [0.1, 0.15) is 18.0 Å². The molecule has 2 aromatic rings. The third-order valence-corrected chi connectivity index (χ3v) is 5.21. The summed E-state index contributed by atoms with van der Waals surface area (Å²) >= 11 is 9.00. The van der Waals surface area contributed by atoms with E-state index in [9.17, 15) is 5.11 Å². The van der Waals surface area contributed by atoms with Crippen molar-refractivity contribution in [2.75, 3.05) is 5.75 Å². The molecule has 0 saturated carbocycles. The van der Waals surface area contributed by atoms with E-state index < -0.39 is 6.10 Å². The third kappa shape index (κ3) is 2.38. The topological polar surface area (TPSA) is 29.5 Å². The number of rotatable bonds is 2. The van der Waals surface area contributed by atoms with Gasteiger partial charge in [-0.2, -0.15) is 0 Å². The van der Waals surface area contributed by atoms with Crippen LogP contribution < -0.4 is 4.74 Å². The Balaban J connectivity index is 1.79. The van der Waals surface area contributed by atoms with Crippen molar-refractivity contribution in [1.29, 1.82) is 0 Å². The van der Waals surface area contributed by atoms with Gasteiger partial charge >= 0.3 is 0 Å². The van der Waals surface area contributed by atoms with Crippen molar-refractivity contribution in [2.24, 2.45) is 0 Å². The molecule has 0 radical (unpaired) electrons. The lowest BCUT2D eigenvalue weighted by atomic mass is 10.2. The molecule has 1 N–H and O–H groups in total. The predicted molar refractivity (Wildman–Crippen MR) is 75.9 cm³/mol. The number of aliphatic hydroxyl groups is 1. The molecule has 18 heavy (non-hydrogen) atoms. The first kappa shape index (κ1) is 12.4. The van der Waals surface area contributed by atoms with Gasteiger partial charge < -0.3 is 9.84 Å². The second kappa shape index (κ2) is 5.13. The van der Waals surface area contributed by atoms with Crippen LogP contribution in [-0.4, -0.2) is 17.0 Å².